The van der Waals surface area contributed by atoms with Gasteiger partial charge in [-0.2, -0.15) is 0 Å². The third-order valence-corrected chi connectivity index (χ3v) is 14.5. The van der Waals surface area contributed by atoms with Gasteiger partial charge >= 0.3 is 5.97 Å². The minimum absolute atomic E-state index is 0.0683. The van der Waals surface area contributed by atoms with E-state index in [0.717, 1.165) is 5.57 Å². The van der Waals surface area contributed by atoms with Crippen LogP contribution < -0.4 is 0 Å². The first-order valence-electron chi connectivity index (χ1n) is 23.9. The highest BCUT2D eigenvalue weighted by molar-refractivity contribution is 6.39. The van der Waals surface area contributed by atoms with Crippen molar-refractivity contribution in [2.45, 2.75) is 174 Å². The Morgan fingerprint density at radius 2 is 1.53 bits per heavy atom. The lowest BCUT2D eigenvalue weighted by Gasteiger charge is -2.42. The number of hydrogen-bond acceptors (Lipinski definition) is 14. The Balaban J connectivity index is 1.72. The lowest BCUT2D eigenvalue weighted by atomic mass is 9.78. The molecular weight excluding hydrogens is 851 g/mol. The summed E-state index contributed by atoms with van der Waals surface area (Å²) in [5, 5.41) is 33.8. The van der Waals surface area contributed by atoms with E-state index in [4.69, 9.17) is 23.7 Å². The number of ether oxygens (including phenoxy) is 5. The second-order valence-corrected chi connectivity index (χ2v) is 19.4. The van der Waals surface area contributed by atoms with Gasteiger partial charge in [0.05, 0.1) is 30.3 Å². The van der Waals surface area contributed by atoms with Crippen LogP contribution in [0.4, 0.5) is 0 Å². The summed E-state index contributed by atoms with van der Waals surface area (Å²) < 4.78 is 29.2. The SMILES string of the molecule is CO[C@H]1C[C@@H]2CC[C@@H](C)[C@@](O)(O2)C(=O)C(=O)N2CCCC[C@H]2C(=O)O[C@H]([C@H](C)C[C@@H]2CC[C@@H](O)[C@H](OC)C2)CC(=O)[C@H](C)/C=C(\C)[C@@H](O)[C@@H](OC)C(=O)[C@H](C)C(=O)[C@H](C)/C=C/C=C/C=C/1C. The van der Waals surface area contributed by atoms with Gasteiger partial charge in [-0.1, -0.05) is 64.2 Å². The van der Waals surface area contributed by atoms with Crippen LogP contribution in [0.5, 0.6) is 0 Å². The standard InChI is InChI=1S/C51H77NO14/c1-29-16-12-11-13-17-30(2)44(55)35(7)46(57)47(64-10)45(56)33(5)24-31(3)40(54)28-42(32(4)25-36-20-22-39(53)43(26-36)63-9)65-50(60)38-18-14-15-23-52(38)49(59)48(58)51(61)34(6)19-21-37(66-51)27-41(29)62-8/h11-13,16-17,24,30-32,34-39,41-43,45,47,53,56,61H,14-15,18-23,25-28H2,1-10H3/b12-11+,17-13+,29-16+,33-24+/t30-,31-,32-,34-,35-,36+,37+,38+,39-,41+,42+,43-,45-,47-,51-/m1/s1. The molecule has 370 valence electrons. The zero-order valence-corrected chi connectivity index (χ0v) is 40.8. The number of esters is 1. The molecule has 2 bridgehead atoms. The maximum atomic E-state index is 14.4. The molecule has 1 amide bonds. The number of aliphatic hydroxyl groups is 3. The average Bonchev–Trinajstić information content (AvgIpc) is 3.30. The molecule has 0 spiro atoms. The highest BCUT2D eigenvalue weighted by Gasteiger charge is 2.53. The summed E-state index contributed by atoms with van der Waals surface area (Å²) in [7, 11) is 4.36. The molecule has 0 radical (unpaired) electrons. The molecule has 0 aromatic heterocycles. The van der Waals surface area contributed by atoms with Crippen molar-refractivity contribution < 1.29 is 67.8 Å². The van der Waals surface area contributed by atoms with Crippen molar-refractivity contribution in [2.24, 2.45) is 35.5 Å². The molecule has 15 atom stereocenters. The molecule has 4 rings (SSSR count). The summed E-state index contributed by atoms with van der Waals surface area (Å²) >= 11 is 0. The Kier molecular flexibility index (Phi) is 20.9. The Bertz CT molecular complexity index is 1840. The quantitative estimate of drug-likeness (QED) is 0.133. The number of carbonyl (C=O) groups excluding carboxylic acids is 6. The molecular formula is C51H77NO14. The zero-order chi connectivity index (χ0) is 49.0. The van der Waals surface area contributed by atoms with Gasteiger partial charge in [0, 0.05) is 58.5 Å². The van der Waals surface area contributed by atoms with Gasteiger partial charge in [0.2, 0.25) is 5.79 Å². The minimum atomic E-state index is -2.46. The first-order chi connectivity index (χ1) is 31.2. The second kappa shape index (κ2) is 25.1. The molecule has 3 N–H and O–H groups in total. The molecule has 3 aliphatic heterocycles. The number of piperidine rings is 1. The molecule has 4 aliphatic rings. The van der Waals surface area contributed by atoms with E-state index in [1.807, 2.05) is 19.9 Å². The van der Waals surface area contributed by atoms with Gasteiger partial charge < -0.3 is 43.9 Å². The molecule has 1 aliphatic carbocycles. The van der Waals surface area contributed by atoms with Gasteiger partial charge in [-0.25, -0.2) is 4.79 Å². The number of aliphatic hydroxyl groups excluding tert-OH is 2. The van der Waals surface area contributed by atoms with E-state index in [1.165, 1.54) is 32.1 Å². The van der Waals surface area contributed by atoms with E-state index in [1.54, 1.807) is 59.1 Å². The number of Topliss-reactive ketones (excluding diaryl/α,β-unsaturated/α-hetero) is 4. The number of hydrogen-bond donors (Lipinski definition) is 3. The van der Waals surface area contributed by atoms with Crippen molar-refractivity contribution >= 4 is 35.0 Å². The molecule has 2 saturated heterocycles. The predicted molar refractivity (Wildman–Crippen MR) is 246 cm³/mol. The number of cyclic esters (lactones) is 1. The van der Waals surface area contributed by atoms with Crippen LogP contribution in [0.1, 0.15) is 119 Å². The smallest absolute Gasteiger partial charge is 0.329 e. The average molecular weight is 928 g/mol. The van der Waals surface area contributed by atoms with Crippen molar-refractivity contribution in [2.75, 3.05) is 27.9 Å². The predicted octanol–water partition coefficient (Wildman–Crippen LogP) is 5.36. The molecule has 15 heteroatoms. The number of fused-ring (bicyclic) bond motifs is 3. The van der Waals surface area contributed by atoms with E-state index < -0.39 is 95.6 Å². The fraction of sp³-hybridized carbons (Fsp3) is 0.725. The van der Waals surface area contributed by atoms with Gasteiger partial charge in [0.25, 0.3) is 11.7 Å². The summed E-state index contributed by atoms with van der Waals surface area (Å²) in [4.78, 5) is 85.2. The van der Waals surface area contributed by atoms with Crippen molar-refractivity contribution in [3.05, 3.63) is 47.6 Å². The molecule has 3 fully saturated rings. The summed E-state index contributed by atoms with van der Waals surface area (Å²) in [6.45, 7) is 11.8. The minimum Gasteiger partial charge on any atom is -0.460 e. The van der Waals surface area contributed by atoms with Crippen molar-refractivity contribution in [1.29, 1.82) is 0 Å². The molecule has 0 unspecified atom stereocenters. The van der Waals surface area contributed by atoms with Crippen LogP contribution >= 0.6 is 0 Å². The van der Waals surface area contributed by atoms with Crippen molar-refractivity contribution in [1.82, 2.24) is 4.90 Å². The number of nitrogens with zero attached hydrogens (tertiary/aromatic N) is 1. The number of ketones is 4. The van der Waals surface area contributed by atoms with Crippen LogP contribution in [0.3, 0.4) is 0 Å². The number of amides is 1. The molecule has 3 heterocycles. The van der Waals surface area contributed by atoms with Gasteiger partial charge in [-0.15, -0.1) is 0 Å². The fourth-order valence-electron chi connectivity index (χ4n) is 9.94. The Labute approximate surface area is 391 Å². The highest BCUT2D eigenvalue weighted by atomic mass is 16.6. The fourth-order valence-corrected chi connectivity index (χ4v) is 9.94. The van der Waals surface area contributed by atoms with E-state index in [-0.39, 0.29) is 60.9 Å². The van der Waals surface area contributed by atoms with E-state index in [2.05, 4.69) is 0 Å². The third kappa shape index (κ3) is 13.7. The van der Waals surface area contributed by atoms with Gasteiger partial charge in [-0.05, 0) is 102 Å². The molecule has 15 nitrogen and oxygen atoms in total. The van der Waals surface area contributed by atoms with Gasteiger partial charge in [0.1, 0.15) is 35.9 Å². The van der Waals surface area contributed by atoms with Crippen LogP contribution in [-0.4, -0.2) is 138 Å². The second-order valence-electron chi connectivity index (χ2n) is 19.4. The van der Waals surface area contributed by atoms with Crippen LogP contribution in [0.15, 0.2) is 47.6 Å². The Hall–Kier alpha value is -3.70. The largest absolute Gasteiger partial charge is 0.460 e. The molecule has 0 aromatic rings. The molecule has 1 saturated carbocycles. The van der Waals surface area contributed by atoms with Crippen LogP contribution in [-0.2, 0) is 52.5 Å². The molecule has 66 heavy (non-hydrogen) atoms. The number of carbonyl (C=O) groups is 6. The molecule has 0 aromatic carbocycles. The zero-order valence-electron chi connectivity index (χ0n) is 40.8. The van der Waals surface area contributed by atoms with Crippen molar-refractivity contribution in [3.8, 4) is 0 Å². The number of methoxy groups -OCH3 is 3. The third-order valence-electron chi connectivity index (χ3n) is 14.5. The van der Waals surface area contributed by atoms with Crippen LogP contribution in [0.25, 0.3) is 0 Å². The van der Waals surface area contributed by atoms with Gasteiger partial charge in [0.15, 0.2) is 5.78 Å². The number of rotatable bonds is 6. The summed E-state index contributed by atoms with van der Waals surface area (Å²) in [6, 6.07) is -1.17. The Morgan fingerprint density at radius 1 is 0.818 bits per heavy atom. The first kappa shape index (κ1) is 54.9. The van der Waals surface area contributed by atoms with E-state index in [9.17, 15) is 44.1 Å². The number of allylic oxidation sites excluding steroid dienone is 6. The summed E-state index contributed by atoms with van der Waals surface area (Å²) in [5.74, 6) is -10.3. The first-order valence-corrected chi connectivity index (χ1v) is 23.9. The lowest BCUT2D eigenvalue weighted by molar-refractivity contribution is -0.265. The monoisotopic (exact) mass is 928 g/mol. The van der Waals surface area contributed by atoms with Gasteiger partial charge in [-0.3, -0.25) is 24.0 Å². The maximum absolute atomic E-state index is 14.4. The lowest BCUT2D eigenvalue weighted by Crippen LogP contribution is -2.61. The maximum Gasteiger partial charge on any atom is 0.329 e. The van der Waals surface area contributed by atoms with Crippen LogP contribution in [0, 0.1) is 35.5 Å². The highest BCUT2D eigenvalue weighted by Crippen LogP contribution is 2.38. The summed E-state index contributed by atoms with van der Waals surface area (Å²) in [5.41, 5.74) is 1.08. The topological polar surface area (TPSA) is 212 Å². The van der Waals surface area contributed by atoms with E-state index >= 15 is 0 Å². The van der Waals surface area contributed by atoms with E-state index in [0.29, 0.717) is 51.4 Å². The summed E-state index contributed by atoms with van der Waals surface area (Å²) in [6.07, 6.45) is 8.82. The normalized spacial score (nSPS) is 40.0. The Morgan fingerprint density at radius 3 is 2.20 bits per heavy atom. The van der Waals surface area contributed by atoms with Crippen LogP contribution in [0.2, 0.25) is 0 Å². The van der Waals surface area contributed by atoms with Crippen molar-refractivity contribution in [3.63, 3.8) is 0 Å².